The van der Waals surface area contributed by atoms with Gasteiger partial charge in [0.05, 0.1) is 39.5 Å². The van der Waals surface area contributed by atoms with Gasteiger partial charge in [0.25, 0.3) is 0 Å². The van der Waals surface area contributed by atoms with Crippen LogP contribution in [0.3, 0.4) is 0 Å². The fraction of sp³-hybridized carbons (Fsp3) is 0.552. The molecule has 1 aliphatic carbocycles. The van der Waals surface area contributed by atoms with Crippen LogP contribution < -0.4 is 18.9 Å². The molecule has 3 saturated heterocycles. The molecule has 5 aliphatic rings. The summed E-state index contributed by atoms with van der Waals surface area (Å²) in [5.74, 6) is -1.02. The largest absolute Gasteiger partial charge is 0.502 e. The van der Waals surface area contributed by atoms with Crippen LogP contribution in [0.15, 0.2) is 24.3 Å². The molecule has 3 N–H and O–H groups in total. The molecule has 13 nitrogen and oxygen atoms in total. The highest BCUT2D eigenvalue weighted by Crippen LogP contribution is 2.57. The minimum Gasteiger partial charge on any atom is -0.502 e. The van der Waals surface area contributed by atoms with Crippen LogP contribution >= 0.6 is 0 Å². The van der Waals surface area contributed by atoms with Crippen molar-refractivity contribution in [3.05, 3.63) is 41.0 Å². The highest BCUT2D eigenvalue weighted by molar-refractivity contribution is 5.79. The minimum atomic E-state index is -1.44. The number of cyclic esters (lactones) is 1. The molecule has 0 radical (unpaired) electrons. The quantitative estimate of drug-likeness (QED) is 0.430. The predicted octanol–water partition coefficient (Wildman–Crippen LogP) is 1.34. The van der Waals surface area contributed by atoms with E-state index in [0.717, 1.165) is 0 Å². The summed E-state index contributed by atoms with van der Waals surface area (Å²) < 4.78 is 51.5. The van der Waals surface area contributed by atoms with Crippen molar-refractivity contribution in [1.82, 2.24) is 0 Å². The number of benzene rings is 2. The number of ether oxygens (including phenoxy) is 9. The van der Waals surface area contributed by atoms with Gasteiger partial charge in [-0.2, -0.15) is 0 Å². The second kappa shape index (κ2) is 10.4. The van der Waals surface area contributed by atoms with Crippen molar-refractivity contribution in [2.24, 2.45) is 11.8 Å². The third-order valence-electron chi connectivity index (χ3n) is 8.75. The number of hydrogen-bond donors (Lipinski definition) is 3. The highest BCUT2D eigenvalue weighted by Gasteiger charge is 2.56. The summed E-state index contributed by atoms with van der Waals surface area (Å²) in [6, 6.07) is 6.93. The van der Waals surface area contributed by atoms with Gasteiger partial charge in [-0.15, -0.1) is 0 Å². The maximum absolute atomic E-state index is 13.4. The standard InChI is InChI=1S/C29H32O13/c1-11-36-9-20-27(40-11)24(31)25(32)29(41-20)42-26-14-7-17-16(38-10-39-17)6-13(14)21(22-15(26)8-37-28(22)33)12-4-18(34-2)23(30)19(5-12)35-3/h4-7,11,15,20-22,24-27,29-32H,8-10H2,1-3H3/t11-,15+,20-,21?,22+,24-,25-,26?,27-,29+/m1/s1. The van der Waals surface area contributed by atoms with Crippen LogP contribution in [0.2, 0.25) is 0 Å². The third-order valence-corrected chi connectivity index (χ3v) is 8.75. The number of carbonyl (C=O) groups is 1. The Morgan fingerprint density at radius 2 is 1.57 bits per heavy atom. The van der Waals surface area contributed by atoms with E-state index in [1.165, 1.54) is 14.2 Å². The lowest BCUT2D eigenvalue weighted by Crippen LogP contribution is -2.63. The van der Waals surface area contributed by atoms with E-state index in [1.54, 1.807) is 31.2 Å². The van der Waals surface area contributed by atoms with Gasteiger partial charge in [0.15, 0.2) is 35.6 Å². The van der Waals surface area contributed by atoms with E-state index in [0.29, 0.717) is 28.2 Å². The number of aliphatic hydroxyl groups excluding tert-OH is 2. The molecule has 10 atom stereocenters. The second-order valence-corrected chi connectivity index (χ2v) is 11.0. The number of hydrogen-bond acceptors (Lipinski definition) is 13. The van der Waals surface area contributed by atoms with E-state index in [1.807, 2.05) is 0 Å². The summed E-state index contributed by atoms with van der Waals surface area (Å²) in [4.78, 5) is 13.4. The molecule has 0 saturated carbocycles. The van der Waals surface area contributed by atoms with E-state index in [9.17, 15) is 20.1 Å². The maximum Gasteiger partial charge on any atom is 0.310 e. The molecule has 0 bridgehead atoms. The van der Waals surface area contributed by atoms with Crippen LogP contribution in [0.5, 0.6) is 28.7 Å². The lowest BCUT2D eigenvalue weighted by Gasteiger charge is -2.47. The topological polar surface area (TPSA) is 161 Å². The Bertz CT molecular complexity index is 1350. The van der Waals surface area contributed by atoms with Crippen molar-refractivity contribution in [1.29, 1.82) is 0 Å². The number of rotatable bonds is 5. The Hall–Kier alpha value is -3.33. The molecule has 0 aromatic heterocycles. The zero-order chi connectivity index (χ0) is 29.3. The zero-order valence-corrected chi connectivity index (χ0v) is 23.1. The van der Waals surface area contributed by atoms with E-state index in [4.69, 9.17) is 42.6 Å². The lowest BCUT2D eigenvalue weighted by molar-refractivity contribution is -0.364. The minimum absolute atomic E-state index is 0.0301. The van der Waals surface area contributed by atoms with Gasteiger partial charge in [0.2, 0.25) is 12.5 Å². The van der Waals surface area contributed by atoms with Crippen LogP contribution in [0, 0.1) is 11.8 Å². The normalized spacial score (nSPS) is 36.5. The number of aromatic hydroxyl groups is 1. The summed E-state index contributed by atoms with van der Waals surface area (Å²) in [6.07, 6.45) is -6.80. The van der Waals surface area contributed by atoms with Crippen molar-refractivity contribution >= 4 is 5.97 Å². The number of esters is 1. The van der Waals surface area contributed by atoms with Crippen LogP contribution in [0.1, 0.15) is 35.6 Å². The summed E-state index contributed by atoms with van der Waals surface area (Å²) in [7, 11) is 2.86. The summed E-state index contributed by atoms with van der Waals surface area (Å²) in [5.41, 5.74) is 2.01. The van der Waals surface area contributed by atoms with Crippen molar-refractivity contribution < 1.29 is 62.7 Å². The number of methoxy groups -OCH3 is 2. The molecule has 4 heterocycles. The number of carbonyl (C=O) groups excluding carboxylic acids is 1. The van der Waals surface area contributed by atoms with Gasteiger partial charge >= 0.3 is 5.97 Å². The molecule has 226 valence electrons. The van der Waals surface area contributed by atoms with Gasteiger partial charge in [-0.3, -0.25) is 4.79 Å². The molecule has 2 aromatic rings. The molecule has 4 aliphatic heterocycles. The lowest BCUT2D eigenvalue weighted by atomic mass is 9.66. The first kappa shape index (κ1) is 27.5. The van der Waals surface area contributed by atoms with Gasteiger partial charge in [0.1, 0.15) is 24.4 Å². The maximum atomic E-state index is 13.4. The zero-order valence-electron chi connectivity index (χ0n) is 23.1. The number of aliphatic hydroxyl groups is 2. The molecular formula is C29H32O13. The smallest absolute Gasteiger partial charge is 0.310 e. The molecule has 7 rings (SSSR count). The molecule has 42 heavy (non-hydrogen) atoms. The first-order valence-corrected chi connectivity index (χ1v) is 13.8. The van der Waals surface area contributed by atoms with Crippen molar-refractivity contribution in [3.8, 4) is 28.7 Å². The van der Waals surface area contributed by atoms with Crippen molar-refractivity contribution in [3.63, 3.8) is 0 Å². The molecule has 2 unspecified atom stereocenters. The molecule has 13 heteroatoms. The Morgan fingerprint density at radius 3 is 2.26 bits per heavy atom. The summed E-state index contributed by atoms with van der Waals surface area (Å²) in [6.45, 7) is 1.93. The van der Waals surface area contributed by atoms with Gasteiger partial charge in [-0.25, -0.2) is 0 Å². The molecule has 3 fully saturated rings. The fourth-order valence-electron chi connectivity index (χ4n) is 6.74. The van der Waals surface area contributed by atoms with Crippen LogP contribution in [-0.4, -0.2) is 92.5 Å². The van der Waals surface area contributed by atoms with Crippen molar-refractivity contribution in [2.75, 3.05) is 34.2 Å². The highest BCUT2D eigenvalue weighted by atomic mass is 16.8. The van der Waals surface area contributed by atoms with Gasteiger partial charge in [0, 0.05) is 11.8 Å². The van der Waals surface area contributed by atoms with E-state index >= 15 is 0 Å². The van der Waals surface area contributed by atoms with Crippen LogP contribution in [0.25, 0.3) is 0 Å². The van der Waals surface area contributed by atoms with E-state index in [-0.39, 0.29) is 37.3 Å². The summed E-state index contributed by atoms with van der Waals surface area (Å²) in [5, 5.41) is 32.5. The van der Waals surface area contributed by atoms with Gasteiger partial charge in [-0.05, 0) is 47.9 Å². The second-order valence-electron chi connectivity index (χ2n) is 11.0. The van der Waals surface area contributed by atoms with Gasteiger partial charge < -0.3 is 58.0 Å². The first-order valence-electron chi connectivity index (χ1n) is 13.8. The molecular weight excluding hydrogens is 556 g/mol. The Labute approximate surface area is 240 Å². The van der Waals surface area contributed by atoms with Gasteiger partial charge in [-0.1, -0.05) is 0 Å². The average molecular weight is 589 g/mol. The third kappa shape index (κ3) is 4.26. The Kier molecular flexibility index (Phi) is 6.83. The monoisotopic (exact) mass is 588 g/mol. The first-order chi connectivity index (χ1) is 20.3. The Balaban J connectivity index is 1.32. The number of phenolic OH excluding ortho intramolecular Hbond substituents is 1. The van der Waals surface area contributed by atoms with Crippen LogP contribution in [-0.2, 0) is 28.5 Å². The average Bonchev–Trinajstić information content (AvgIpc) is 3.61. The van der Waals surface area contributed by atoms with Crippen molar-refractivity contribution in [2.45, 2.75) is 55.9 Å². The fourth-order valence-corrected chi connectivity index (χ4v) is 6.74. The predicted molar refractivity (Wildman–Crippen MR) is 138 cm³/mol. The van der Waals surface area contributed by atoms with Crippen LogP contribution in [0.4, 0.5) is 0 Å². The van der Waals surface area contributed by atoms with E-state index in [2.05, 4.69) is 0 Å². The van der Waals surface area contributed by atoms with E-state index < -0.39 is 66.8 Å². The molecule has 0 amide bonds. The Morgan fingerprint density at radius 1 is 0.881 bits per heavy atom. The number of fused-ring (bicyclic) bond motifs is 4. The SMILES string of the molecule is COc1cc(C2c3cc4c(cc3C(O[C@@H]3O[C@@H]5CO[C@@H](C)O[C@H]5[C@H](O)[C@H]3O)[C@H]3COC(=O)[C@H]23)OCO4)cc(OC)c1O. The molecule has 2 aromatic carbocycles. The molecule has 0 spiro atoms. The number of phenols is 1. The summed E-state index contributed by atoms with van der Waals surface area (Å²) >= 11 is 0.